The van der Waals surface area contributed by atoms with Crippen LogP contribution in [0.25, 0.3) is 0 Å². The van der Waals surface area contributed by atoms with E-state index in [4.69, 9.17) is 23.2 Å². The Morgan fingerprint density at radius 2 is 1.93 bits per heavy atom. The van der Waals surface area contributed by atoms with Gasteiger partial charge in [-0.05, 0) is 31.1 Å². The van der Waals surface area contributed by atoms with Crippen LogP contribution in [0, 0.1) is 11.8 Å². The standard InChI is InChI=1S/C9H12Cl2O2S/c10-9(11)14(12,13)8-5-6-1-3-7(8)4-2-6/h1,3,6-9H,2,4-5H2/t6-,7+,8?/m1/s1. The van der Waals surface area contributed by atoms with E-state index < -0.39 is 14.0 Å². The van der Waals surface area contributed by atoms with Crippen molar-refractivity contribution in [3.8, 4) is 0 Å². The lowest BCUT2D eigenvalue weighted by Crippen LogP contribution is -2.39. The Balaban J connectivity index is 2.26. The fraction of sp³-hybridized carbons (Fsp3) is 0.778. The molecule has 0 heterocycles. The zero-order valence-electron chi connectivity index (χ0n) is 7.57. The minimum absolute atomic E-state index is 0.130. The van der Waals surface area contributed by atoms with Crippen LogP contribution < -0.4 is 0 Å². The monoisotopic (exact) mass is 254 g/mol. The molecule has 0 amide bonds. The summed E-state index contributed by atoms with van der Waals surface area (Å²) < 4.78 is 22.3. The Kier molecular flexibility index (Phi) is 2.84. The van der Waals surface area contributed by atoms with Crippen LogP contribution in [-0.4, -0.2) is 17.8 Å². The molecule has 1 fully saturated rings. The van der Waals surface area contributed by atoms with Gasteiger partial charge in [0.15, 0.2) is 9.84 Å². The van der Waals surface area contributed by atoms with Gasteiger partial charge in [0.2, 0.25) is 4.17 Å². The first-order valence-corrected chi connectivity index (χ1v) is 7.19. The van der Waals surface area contributed by atoms with Gasteiger partial charge in [0, 0.05) is 0 Å². The van der Waals surface area contributed by atoms with E-state index in [9.17, 15) is 8.42 Å². The lowest BCUT2D eigenvalue weighted by Gasteiger charge is -2.37. The molecule has 0 aromatic heterocycles. The van der Waals surface area contributed by atoms with Crippen LogP contribution in [0.15, 0.2) is 12.2 Å². The molecular formula is C9H12Cl2O2S. The van der Waals surface area contributed by atoms with Gasteiger partial charge < -0.3 is 0 Å². The van der Waals surface area contributed by atoms with Crippen LogP contribution in [0.2, 0.25) is 0 Å². The van der Waals surface area contributed by atoms with Crippen LogP contribution in [0.3, 0.4) is 0 Å². The Bertz CT molecular complexity index is 348. The molecule has 3 atom stereocenters. The van der Waals surface area contributed by atoms with Crippen molar-refractivity contribution in [2.75, 3.05) is 0 Å². The maximum absolute atomic E-state index is 11.8. The van der Waals surface area contributed by atoms with Crippen LogP contribution in [0.4, 0.5) is 0 Å². The summed E-state index contributed by atoms with van der Waals surface area (Å²) in [6, 6.07) is 0. The van der Waals surface area contributed by atoms with E-state index in [-0.39, 0.29) is 11.2 Å². The third kappa shape index (κ3) is 1.70. The van der Waals surface area contributed by atoms with E-state index in [0.717, 1.165) is 12.8 Å². The van der Waals surface area contributed by atoms with Gasteiger partial charge in [-0.3, -0.25) is 0 Å². The maximum Gasteiger partial charge on any atom is 0.208 e. The van der Waals surface area contributed by atoms with Crippen molar-refractivity contribution in [2.24, 2.45) is 11.8 Å². The maximum atomic E-state index is 11.8. The number of halogens is 2. The van der Waals surface area contributed by atoms with E-state index in [2.05, 4.69) is 6.08 Å². The molecule has 1 saturated carbocycles. The molecule has 2 bridgehead atoms. The second-order valence-electron chi connectivity index (χ2n) is 4.01. The van der Waals surface area contributed by atoms with Crippen molar-refractivity contribution in [2.45, 2.75) is 28.7 Å². The number of hydrogen-bond acceptors (Lipinski definition) is 2. The van der Waals surface area contributed by atoms with Gasteiger partial charge in [0.25, 0.3) is 0 Å². The van der Waals surface area contributed by atoms with Gasteiger partial charge in [-0.2, -0.15) is 0 Å². The molecular weight excluding hydrogens is 243 g/mol. The lowest BCUT2D eigenvalue weighted by atomic mass is 9.76. The predicted molar refractivity (Wildman–Crippen MR) is 58.2 cm³/mol. The second kappa shape index (κ2) is 3.69. The largest absolute Gasteiger partial charge is 0.226 e. The first kappa shape index (κ1) is 10.8. The van der Waals surface area contributed by atoms with Crippen molar-refractivity contribution in [1.82, 2.24) is 0 Å². The predicted octanol–water partition coefficient (Wildman–Crippen LogP) is 2.52. The van der Waals surface area contributed by atoms with E-state index in [0.29, 0.717) is 12.3 Å². The molecule has 0 radical (unpaired) electrons. The van der Waals surface area contributed by atoms with Gasteiger partial charge >= 0.3 is 0 Å². The van der Waals surface area contributed by atoms with Crippen LogP contribution in [-0.2, 0) is 9.84 Å². The number of hydrogen-bond donors (Lipinski definition) is 0. The number of allylic oxidation sites excluding steroid dienone is 2. The smallest absolute Gasteiger partial charge is 0.208 e. The van der Waals surface area contributed by atoms with E-state index in [1.165, 1.54) is 0 Å². The normalized spacial score (nSPS) is 36.6. The van der Waals surface area contributed by atoms with Gasteiger partial charge in [-0.15, -0.1) is 0 Å². The van der Waals surface area contributed by atoms with Gasteiger partial charge in [-0.25, -0.2) is 8.42 Å². The fourth-order valence-corrected chi connectivity index (χ4v) is 4.67. The Labute approximate surface area is 94.2 Å². The summed E-state index contributed by atoms with van der Waals surface area (Å²) in [5, 5.41) is -0.355. The SMILES string of the molecule is O=S(=O)(C(Cl)Cl)C1C[C@@H]2C=C[C@H]1CC2. The molecule has 2 nitrogen and oxygen atoms in total. The molecule has 1 unspecified atom stereocenters. The first-order valence-electron chi connectivity index (χ1n) is 4.71. The van der Waals surface area contributed by atoms with Crippen molar-refractivity contribution in [3.63, 3.8) is 0 Å². The zero-order chi connectivity index (χ0) is 10.3. The average molecular weight is 255 g/mol. The van der Waals surface area contributed by atoms with Gasteiger partial charge in [0.05, 0.1) is 5.25 Å². The van der Waals surface area contributed by atoms with Gasteiger partial charge in [-0.1, -0.05) is 35.4 Å². The van der Waals surface area contributed by atoms with Gasteiger partial charge in [0.1, 0.15) is 0 Å². The first-order chi connectivity index (χ1) is 6.51. The Hall–Kier alpha value is 0.270. The molecule has 0 aromatic rings. The quantitative estimate of drug-likeness (QED) is 0.561. The second-order valence-corrected chi connectivity index (χ2v) is 7.88. The highest BCUT2D eigenvalue weighted by Crippen LogP contribution is 2.41. The van der Waals surface area contributed by atoms with Crippen molar-refractivity contribution in [1.29, 1.82) is 0 Å². The number of fused-ring (bicyclic) bond motifs is 2. The zero-order valence-corrected chi connectivity index (χ0v) is 9.89. The third-order valence-electron chi connectivity index (χ3n) is 3.18. The summed E-state index contributed by atoms with van der Waals surface area (Å²) in [5.74, 6) is 0.539. The van der Waals surface area contributed by atoms with Crippen LogP contribution in [0.5, 0.6) is 0 Å². The molecule has 14 heavy (non-hydrogen) atoms. The number of sulfone groups is 1. The highest BCUT2D eigenvalue weighted by molar-refractivity contribution is 7.95. The molecule has 3 rings (SSSR count). The minimum Gasteiger partial charge on any atom is -0.226 e. The molecule has 0 spiro atoms. The van der Waals surface area contributed by atoms with Crippen LogP contribution in [0.1, 0.15) is 19.3 Å². The molecule has 0 aliphatic heterocycles. The molecule has 0 N–H and O–H groups in total. The topological polar surface area (TPSA) is 34.1 Å². The summed E-state index contributed by atoms with van der Waals surface area (Å²) in [5.41, 5.74) is 0. The summed E-state index contributed by atoms with van der Waals surface area (Å²) in [6.07, 6.45) is 6.88. The van der Waals surface area contributed by atoms with E-state index >= 15 is 0 Å². The summed E-state index contributed by atoms with van der Waals surface area (Å²) in [7, 11) is -3.35. The van der Waals surface area contributed by atoms with Crippen molar-refractivity contribution in [3.05, 3.63) is 12.2 Å². The minimum atomic E-state index is -3.35. The highest BCUT2D eigenvalue weighted by atomic mass is 35.5. The molecule has 0 saturated heterocycles. The number of rotatable bonds is 2. The molecule has 5 heteroatoms. The summed E-state index contributed by atoms with van der Waals surface area (Å²) in [6.45, 7) is 0. The molecule has 3 aliphatic rings. The van der Waals surface area contributed by atoms with Crippen molar-refractivity contribution < 1.29 is 8.42 Å². The summed E-state index contributed by atoms with van der Waals surface area (Å²) in [4.78, 5) is 0. The fourth-order valence-electron chi connectivity index (χ4n) is 2.39. The lowest BCUT2D eigenvalue weighted by molar-refractivity contribution is 0.329. The van der Waals surface area contributed by atoms with Crippen molar-refractivity contribution >= 4 is 33.0 Å². The highest BCUT2D eigenvalue weighted by Gasteiger charge is 2.42. The number of alkyl halides is 2. The Morgan fingerprint density at radius 3 is 2.29 bits per heavy atom. The van der Waals surface area contributed by atoms with E-state index in [1.807, 2.05) is 6.08 Å². The summed E-state index contributed by atoms with van der Waals surface area (Å²) >= 11 is 11.0. The Morgan fingerprint density at radius 1 is 1.21 bits per heavy atom. The molecule has 3 aliphatic carbocycles. The van der Waals surface area contributed by atoms with E-state index in [1.54, 1.807) is 0 Å². The molecule has 0 aromatic carbocycles. The average Bonchev–Trinajstić information content (AvgIpc) is 2.19. The third-order valence-corrected chi connectivity index (χ3v) is 6.56. The van der Waals surface area contributed by atoms with Crippen LogP contribution >= 0.6 is 23.2 Å². The molecule has 80 valence electrons.